The van der Waals surface area contributed by atoms with E-state index in [0.717, 1.165) is 43.4 Å². The maximum atomic E-state index is 10.7. The zero-order valence-electron chi connectivity index (χ0n) is 17.4. The van der Waals surface area contributed by atoms with E-state index in [2.05, 4.69) is 26.8 Å². The second-order valence-electron chi connectivity index (χ2n) is 11.1. The van der Waals surface area contributed by atoms with Crippen LogP contribution < -0.4 is 0 Å². The molecule has 148 valence electrons. The highest BCUT2D eigenvalue weighted by Gasteiger charge is 2.58. The van der Waals surface area contributed by atoms with Gasteiger partial charge in [-0.15, -0.1) is 0 Å². The van der Waals surface area contributed by atoms with Gasteiger partial charge in [0.05, 0.1) is 5.60 Å². The molecule has 0 radical (unpaired) electrons. The highest BCUT2D eigenvalue weighted by molar-refractivity contribution is 5.24. The van der Waals surface area contributed by atoms with E-state index in [4.69, 9.17) is 0 Å². The SMILES string of the molecule is CC(CO)[C@H]1CC[C@H]2[C@@H]3CC=C4CC[C@](C)(O)CC[C@]4(C)[C@H]3CC[C@]12C. The standard InChI is InChI=1S/C24H40O2/c1-16(15-25)19-7-8-20-18-6-5-17-9-11-22(2,26)13-14-23(17,3)21(18)10-12-24(19,20)4/h5,16,18-21,25-26H,6-15H2,1-4H3/t16?,18-,19+,20-,21-,22-,23-,24+/m0/s1. The quantitative estimate of drug-likeness (QED) is 0.653. The molecule has 0 aromatic rings. The van der Waals surface area contributed by atoms with Crippen LogP contribution in [0.25, 0.3) is 0 Å². The molecule has 3 fully saturated rings. The molecule has 26 heavy (non-hydrogen) atoms. The Bertz CT molecular complexity index is 579. The van der Waals surface area contributed by atoms with Gasteiger partial charge in [-0.2, -0.15) is 0 Å². The van der Waals surface area contributed by atoms with Gasteiger partial charge in [0.2, 0.25) is 0 Å². The number of rotatable bonds is 2. The Labute approximate surface area is 160 Å². The van der Waals surface area contributed by atoms with Crippen molar-refractivity contribution in [3.8, 4) is 0 Å². The van der Waals surface area contributed by atoms with Crippen molar-refractivity contribution < 1.29 is 10.2 Å². The monoisotopic (exact) mass is 360 g/mol. The zero-order chi connectivity index (χ0) is 18.7. The van der Waals surface area contributed by atoms with Crippen LogP contribution >= 0.6 is 0 Å². The molecule has 0 aromatic carbocycles. The number of aliphatic hydroxyl groups is 2. The molecule has 1 unspecified atom stereocenters. The lowest BCUT2D eigenvalue weighted by Crippen LogP contribution is -2.49. The van der Waals surface area contributed by atoms with E-state index in [0.29, 0.717) is 29.3 Å². The first-order valence-electron chi connectivity index (χ1n) is 11.2. The van der Waals surface area contributed by atoms with Gasteiger partial charge in [0.1, 0.15) is 0 Å². The fourth-order valence-corrected chi connectivity index (χ4v) is 8.05. The summed E-state index contributed by atoms with van der Waals surface area (Å²) in [5, 5.41) is 20.5. The maximum absolute atomic E-state index is 10.7. The van der Waals surface area contributed by atoms with Crippen LogP contribution in [0.2, 0.25) is 0 Å². The van der Waals surface area contributed by atoms with Crippen molar-refractivity contribution in [2.75, 3.05) is 6.61 Å². The minimum atomic E-state index is -0.477. The van der Waals surface area contributed by atoms with Gasteiger partial charge in [-0.3, -0.25) is 0 Å². The fraction of sp³-hybridized carbons (Fsp3) is 0.917. The van der Waals surface area contributed by atoms with E-state index in [1.54, 1.807) is 5.57 Å². The molecule has 0 bridgehead atoms. The molecular formula is C24H40O2. The van der Waals surface area contributed by atoms with Crippen molar-refractivity contribution in [2.45, 2.75) is 91.1 Å². The number of hydrogen-bond donors (Lipinski definition) is 2. The summed E-state index contributed by atoms with van der Waals surface area (Å²) in [5.74, 6) is 3.60. The van der Waals surface area contributed by atoms with E-state index in [1.165, 1.54) is 32.1 Å². The lowest BCUT2D eigenvalue weighted by atomic mass is 9.48. The molecular weight excluding hydrogens is 320 g/mol. The second-order valence-corrected chi connectivity index (χ2v) is 11.1. The lowest BCUT2D eigenvalue weighted by molar-refractivity contribution is -0.0520. The van der Waals surface area contributed by atoms with Crippen LogP contribution in [0.5, 0.6) is 0 Å². The summed E-state index contributed by atoms with van der Waals surface area (Å²) in [7, 11) is 0. The summed E-state index contributed by atoms with van der Waals surface area (Å²) in [6, 6.07) is 0. The molecule has 4 aliphatic rings. The van der Waals surface area contributed by atoms with Gasteiger partial charge in [0.25, 0.3) is 0 Å². The van der Waals surface area contributed by atoms with E-state index in [1.807, 2.05) is 6.92 Å². The van der Waals surface area contributed by atoms with Crippen LogP contribution in [-0.2, 0) is 0 Å². The molecule has 4 aliphatic carbocycles. The Morgan fingerprint density at radius 3 is 2.54 bits per heavy atom. The van der Waals surface area contributed by atoms with Crippen LogP contribution in [0, 0.1) is 40.4 Å². The minimum Gasteiger partial charge on any atom is -0.396 e. The van der Waals surface area contributed by atoms with Crippen LogP contribution in [-0.4, -0.2) is 22.4 Å². The number of aliphatic hydroxyl groups excluding tert-OH is 1. The summed E-state index contributed by atoms with van der Waals surface area (Å²) < 4.78 is 0. The number of allylic oxidation sites excluding steroid dienone is 2. The Kier molecular flexibility index (Phi) is 4.63. The molecule has 2 heteroatoms. The highest BCUT2D eigenvalue weighted by Crippen LogP contribution is 2.67. The molecule has 0 heterocycles. The molecule has 0 saturated heterocycles. The largest absolute Gasteiger partial charge is 0.396 e. The molecule has 0 aliphatic heterocycles. The van der Waals surface area contributed by atoms with Crippen molar-refractivity contribution in [1.82, 2.24) is 0 Å². The molecule has 3 saturated carbocycles. The third-order valence-electron chi connectivity index (χ3n) is 9.79. The molecule has 0 amide bonds. The average molecular weight is 361 g/mol. The Morgan fingerprint density at radius 2 is 1.81 bits per heavy atom. The van der Waals surface area contributed by atoms with Crippen molar-refractivity contribution in [3.05, 3.63) is 11.6 Å². The second kappa shape index (κ2) is 6.34. The van der Waals surface area contributed by atoms with Crippen molar-refractivity contribution >= 4 is 0 Å². The van der Waals surface area contributed by atoms with Gasteiger partial charge in [-0.25, -0.2) is 0 Å². The van der Waals surface area contributed by atoms with E-state index < -0.39 is 5.60 Å². The lowest BCUT2D eigenvalue weighted by Gasteiger charge is -2.57. The molecule has 2 N–H and O–H groups in total. The zero-order valence-corrected chi connectivity index (χ0v) is 17.4. The third-order valence-corrected chi connectivity index (χ3v) is 9.79. The Balaban J connectivity index is 1.63. The van der Waals surface area contributed by atoms with Crippen LogP contribution in [0.4, 0.5) is 0 Å². The summed E-state index contributed by atoms with van der Waals surface area (Å²) in [4.78, 5) is 0. The molecule has 4 rings (SSSR count). The summed E-state index contributed by atoms with van der Waals surface area (Å²) in [6.07, 6.45) is 13.4. The smallest absolute Gasteiger partial charge is 0.0623 e. The predicted molar refractivity (Wildman–Crippen MR) is 107 cm³/mol. The van der Waals surface area contributed by atoms with Crippen LogP contribution in [0.15, 0.2) is 11.6 Å². The molecule has 2 nitrogen and oxygen atoms in total. The molecule has 0 spiro atoms. The highest BCUT2D eigenvalue weighted by atomic mass is 16.3. The van der Waals surface area contributed by atoms with E-state index >= 15 is 0 Å². The Hall–Kier alpha value is -0.340. The fourth-order valence-electron chi connectivity index (χ4n) is 8.05. The molecule has 0 aromatic heterocycles. The normalized spacial score (nSPS) is 52.3. The van der Waals surface area contributed by atoms with E-state index in [-0.39, 0.29) is 0 Å². The Morgan fingerprint density at radius 1 is 1.04 bits per heavy atom. The number of fused-ring (bicyclic) bond motifs is 5. The minimum absolute atomic E-state index is 0.311. The number of hydrogen-bond acceptors (Lipinski definition) is 2. The van der Waals surface area contributed by atoms with Crippen molar-refractivity contribution in [3.63, 3.8) is 0 Å². The van der Waals surface area contributed by atoms with Gasteiger partial charge >= 0.3 is 0 Å². The maximum Gasteiger partial charge on any atom is 0.0623 e. The van der Waals surface area contributed by atoms with Crippen LogP contribution in [0.1, 0.15) is 85.5 Å². The average Bonchev–Trinajstić information content (AvgIpc) is 2.90. The van der Waals surface area contributed by atoms with Gasteiger partial charge < -0.3 is 10.2 Å². The molecule has 8 atom stereocenters. The predicted octanol–water partition coefficient (Wildman–Crippen LogP) is 5.33. The first-order valence-corrected chi connectivity index (χ1v) is 11.2. The summed E-state index contributed by atoms with van der Waals surface area (Å²) in [5.41, 5.74) is 1.93. The summed E-state index contributed by atoms with van der Waals surface area (Å²) >= 11 is 0. The first kappa shape index (κ1) is 19.0. The first-order chi connectivity index (χ1) is 12.2. The topological polar surface area (TPSA) is 40.5 Å². The van der Waals surface area contributed by atoms with Gasteiger partial charge in [0.15, 0.2) is 0 Å². The van der Waals surface area contributed by atoms with Gasteiger partial charge in [0, 0.05) is 6.61 Å². The van der Waals surface area contributed by atoms with E-state index in [9.17, 15) is 10.2 Å². The van der Waals surface area contributed by atoms with Crippen molar-refractivity contribution in [2.24, 2.45) is 40.4 Å². The van der Waals surface area contributed by atoms with Gasteiger partial charge in [-0.05, 0) is 105 Å². The third kappa shape index (κ3) is 2.73. The van der Waals surface area contributed by atoms with Crippen molar-refractivity contribution in [1.29, 1.82) is 0 Å². The summed E-state index contributed by atoms with van der Waals surface area (Å²) in [6.45, 7) is 9.73. The van der Waals surface area contributed by atoms with Crippen LogP contribution in [0.3, 0.4) is 0 Å². The van der Waals surface area contributed by atoms with Gasteiger partial charge in [-0.1, -0.05) is 32.4 Å².